The van der Waals surface area contributed by atoms with E-state index in [2.05, 4.69) is 0 Å². The fraction of sp³-hybridized carbons (Fsp3) is 0.222. The molecule has 0 aromatic heterocycles. The van der Waals surface area contributed by atoms with Gasteiger partial charge in [-0.1, -0.05) is 23.7 Å². The second-order valence-corrected chi connectivity index (χ2v) is 3.33. The number of hydrogen-bond acceptors (Lipinski definition) is 2. The summed E-state index contributed by atoms with van der Waals surface area (Å²) < 4.78 is 36.3. The van der Waals surface area contributed by atoms with E-state index in [-0.39, 0.29) is 10.6 Å². The van der Waals surface area contributed by atoms with Crippen LogP contribution < -0.4 is 5.73 Å². The summed E-state index contributed by atoms with van der Waals surface area (Å²) in [5, 5.41) is 0.190. The Morgan fingerprint density at radius 2 is 2.00 bits per heavy atom. The molecular weight excluding hydrogens is 231 g/mol. The average molecular weight is 238 g/mol. The van der Waals surface area contributed by atoms with Crippen molar-refractivity contribution in [1.82, 2.24) is 0 Å². The van der Waals surface area contributed by atoms with E-state index in [4.69, 9.17) is 17.3 Å². The minimum absolute atomic E-state index is 0.146. The molecule has 6 heteroatoms. The number of nitrogens with two attached hydrogens (primary N) is 1. The lowest BCUT2D eigenvalue weighted by atomic mass is 10.0. The van der Waals surface area contributed by atoms with Gasteiger partial charge >= 0.3 is 6.18 Å². The minimum atomic E-state index is -4.74. The summed E-state index contributed by atoms with van der Waals surface area (Å²) in [6, 6.07) is 2.72. The Hall–Kier alpha value is -1.07. The van der Waals surface area contributed by atoms with Crippen LogP contribution in [0.2, 0.25) is 5.02 Å². The molecule has 0 saturated heterocycles. The molecule has 0 aliphatic rings. The largest absolute Gasteiger partial charge is 0.410 e. The summed E-state index contributed by atoms with van der Waals surface area (Å²) in [6.45, 7) is 0. The van der Waals surface area contributed by atoms with Gasteiger partial charge in [0.1, 0.15) is 0 Å². The number of carbonyl (C=O) groups is 1. The first kappa shape index (κ1) is 12.0. The molecule has 1 aromatic carbocycles. The maximum atomic E-state index is 12.1. The Labute approximate surface area is 88.8 Å². The molecule has 1 atom stereocenters. The molecule has 0 bridgehead atoms. The van der Waals surface area contributed by atoms with Crippen molar-refractivity contribution in [3.63, 3.8) is 0 Å². The first-order valence-electron chi connectivity index (χ1n) is 3.94. The van der Waals surface area contributed by atoms with E-state index in [1.807, 2.05) is 0 Å². The predicted molar refractivity (Wildman–Crippen MR) is 49.8 cm³/mol. The number of hydrogen-bond donors (Lipinski definition) is 1. The van der Waals surface area contributed by atoms with Crippen molar-refractivity contribution in [2.75, 3.05) is 0 Å². The molecule has 0 fully saturated rings. The van der Waals surface area contributed by atoms with Crippen molar-refractivity contribution in [2.45, 2.75) is 12.2 Å². The van der Waals surface area contributed by atoms with E-state index in [0.29, 0.717) is 0 Å². The van der Waals surface area contributed by atoms with Crippen LogP contribution in [0.3, 0.4) is 0 Å². The maximum Gasteiger partial charge on any atom is 0.410 e. The van der Waals surface area contributed by atoms with Gasteiger partial charge in [0.05, 0.1) is 0 Å². The highest BCUT2D eigenvalue weighted by Gasteiger charge is 2.42. The monoisotopic (exact) mass is 237 g/mol. The molecule has 0 aliphatic heterocycles. The van der Waals surface area contributed by atoms with Gasteiger partial charge in [0.25, 0.3) is 0 Å². The molecule has 2 N–H and O–H groups in total. The summed E-state index contributed by atoms with van der Waals surface area (Å²) in [6.07, 6.45) is -4.74. The normalized spacial score (nSPS) is 13.7. The van der Waals surface area contributed by atoms with Gasteiger partial charge in [-0.25, -0.2) is 0 Å². The molecule has 0 radical (unpaired) electrons. The first-order valence-corrected chi connectivity index (χ1v) is 4.32. The number of halogens is 4. The zero-order chi connectivity index (χ0) is 11.6. The molecule has 0 spiro atoms. The van der Waals surface area contributed by atoms with Crippen LogP contribution in [0.25, 0.3) is 0 Å². The molecule has 0 aliphatic carbocycles. The van der Waals surface area contributed by atoms with Crippen LogP contribution in [-0.2, 0) is 0 Å². The predicted octanol–water partition coefficient (Wildman–Crippen LogP) is 2.41. The topological polar surface area (TPSA) is 43.1 Å². The molecule has 1 rings (SSSR count). The lowest BCUT2D eigenvalue weighted by molar-refractivity contribution is -0.136. The Morgan fingerprint density at radius 3 is 2.47 bits per heavy atom. The van der Waals surface area contributed by atoms with Gasteiger partial charge in [-0.15, -0.1) is 0 Å². The van der Waals surface area contributed by atoms with Crippen LogP contribution in [0, 0.1) is 0 Å². The molecule has 15 heavy (non-hydrogen) atoms. The molecule has 1 unspecified atom stereocenters. The van der Waals surface area contributed by atoms with Crippen molar-refractivity contribution in [1.29, 1.82) is 0 Å². The van der Waals surface area contributed by atoms with Gasteiger partial charge in [0, 0.05) is 10.6 Å². The SMILES string of the molecule is NC(C(=O)c1cccc(Cl)c1)C(F)(F)F. The number of benzene rings is 1. The van der Waals surface area contributed by atoms with E-state index >= 15 is 0 Å². The first-order chi connectivity index (χ1) is 6.82. The molecular formula is C9H7ClF3NO. The lowest BCUT2D eigenvalue weighted by Gasteiger charge is -2.14. The Kier molecular flexibility index (Phi) is 3.36. The highest BCUT2D eigenvalue weighted by molar-refractivity contribution is 6.31. The summed E-state index contributed by atoms with van der Waals surface area (Å²) in [7, 11) is 0. The molecule has 82 valence electrons. The third-order valence-electron chi connectivity index (χ3n) is 1.74. The molecule has 0 heterocycles. The zero-order valence-corrected chi connectivity index (χ0v) is 8.14. The van der Waals surface area contributed by atoms with E-state index in [1.165, 1.54) is 18.2 Å². The Balaban J connectivity index is 2.95. The van der Waals surface area contributed by atoms with Crippen molar-refractivity contribution in [3.05, 3.63) is 34.9 Å². The highest BCUT2D eigenvalue weighted by atomic mass is 35.5. The van der Waals surface area contributed by atoms with Crippen molar-refractivity contribution < 1.29 is 18.0 Å². The molecule has 0 saturated carbocycles. The Bertz CT molecular complexity index is 378. The standard InChI is InChI=1S/C9H7ClF3NO/c10-6-3-1-2-5(4-6)7(15)8(14)9(11,12)13/h1-4,8H,14H2. The van der Waals surface area contributed by atoms with E-state index < -0.39 is 18.0 Å². The average Bonchev–Trinajstić information content (AvgIpc) is 2.14. The van der Waals surface area contributed by atoms with E-state index in [0.717, 1.165) is 6.07 Å². The van der Waals surface area contributed by atoms with Gasteiger partial charge in [0.2, 0.25) is 0 Å². The molecule has 1 aromatic rings. The maximum absolute atomic E-state index is 12.1. The van der Waals surface area contributed by atoms with Crippen LogP contribution >= 0.6 is 11.6 Å². The lowest BCUT2D eigenvalue weighted by Crippen LogP contribution is -2.44. The van der Waals surface area contributed by atoms with Gasteiger partial charge in [0.15, 0.2) is 11.8 Å². The number of carbonyl (C=O) groups excluding carboxylic acids is 1. The Morgan fingerprint density at radius 1 is 1.40 bits per heavy atom. The van der Waals surface area contributed by atoms with E-state index in [1.54, 1.807) is 0 Å². The van der Waals surface area contributed by atoms with Crippen molar-refractivity contribution >= 4 is 17.4 Å². The summed E-state index contributed by atoms with van der Waals surface area (Å²) in [4.78, 5) is 11.2. The number of ketones is 1. The second-order valence-electron chi connectivity index (χ2n) is 2.89. The number of alkyl halides is 3. The molecule has 2 nitrogen and oxygen atoms in total. The fourth-order valence-corrected chi connectivity index (χ4v) is 1.16. The van der Waals surface area contributed by atoms with Gasteiger partial charge < -0.3 is 5.73 Å². The summed E-state index contributed by atoms with van der Waals surface area (Å²) in [5.74, 6) is -1.19. The summed E-state index contributed by atoms with van der Waals surface area (Å²) >= 11 is 5.53. The second kappa shape index (κ2) is 4.20. The van der Waals surface area contributed by atoms with Crippen molar-refractivity contribution in [3.8, 4) is 0 Å². The molecule has 0 amide bonds. The third-order valence-corrected chi connectivity index (χ3v) is 1.98. The van der Waals surface area contributed by atoms with Gasteiger partial charge in [-0.2, -0.15) is 13.2 Å². The van der Waals surface area contributed by atoms with Gasteiger partial charge in [-0.05, 0) is 12.1 Å². The van der Waals surface area contributed by atoms with Crippen LogP contribution in [0.4, 0.5) is 13.2 Å². The number of rotatable bonds is 2. The van der Waals surface area contributed by atoms with Gasteiger partial charge in [-0.3, -0.25) is 4.79 Å². The minimum Gasteiger partial charge on any atom is -0.314 e. The highest BCUT2D eigenvalue weighted by Crippen LogP contribution is 2.22. The van der Waals surface area contributed by atoms with E-state index in [9.17, 15) is 18.0 Å². The number of Topliss-reactive ketones (excluding diaryl/α,β-unsaturated/α-hetero) is 1. The van der Waals surface area contributed by atoms with Crippen LogP contribution in [-0.4, -0.2) is 18.0 Å². The fourth-order valence-electron chi connectivity index (χ4n) is 0.970. The third kappa shape index (κ3) is 2.94. The quantitative estimate of drug-likeness (QED) is 0.803. The smallest absolute Gasteiger partial charge is 0.314 e. The van der Waals surface area contributed by atoms with Crippen LogP contribution in [0.1, 0.15) is 10.4 Å². The summed E-state index contributed by atoms with van der Waals surface area (Å²) in [5.41, 5.74) is 4.61. The van der Waals surface area contributed by atoms with Crippen molar-refractivity contribution in [2.24, 2.45) is 5.73 Å². The van der Waals surface area contributed by atoms with Crippen LogP contribution in [0.15, 0.2) is 24.3 Å². The zero-order valence-electron chi connectivity index (χ0n) is 7.38. The van der Waals surface area contributed by atoms with Crippen LogP contribution in [0.5, 0.6) is 0 Å².